The fraction of sp³-hybridized carbons (Fsp3) is 0.533. The van der Waals surface area contributed by atoms with E-state index in [0.717, 1.165) is 6.42 Å². The number of fused-ring (bicyclic) bond motifs is 1. The minimum absolute atomic E-state index is 0.216. The Kier molecular flexibility index (Phi) is 5.58. The second-order valence-corrected chi connectivity index (χ2v) is 6.91. The Bertz CT molecular complexity index is 736. The van der Waals surface area contributed by atoms with Gasteiger partial charge in [-0.3, -0.25) is 4.79 Å². The largest absolute Gasteiger partial charge is 0.461 e. The van der Waals surface area contributed by atoms with Gasteiger partial charge >= 0.3 is 5.97 Å². The zero-order valence-electron chi connectivity index (χ0n) is 12.9. The number of esters is 1. The molecule has 0 unspecified atom stereocenters. The van der Waals surface area contributed by atoms with Crippen LogP contribution in [0, 0.1) is 12.8 Å². The molecular formula is C15H19ClN2O3S. The highest BCUT2D eigenvalue weighted by molar-refractivity contribution is 7.20. The Labute approximate surface area is 137 Å². The minimum Gasteiger partial charge on any atom is -0.461 e. The molecule has 22 heavy (non-hydrogen) atoms. The first-order valence-corrected chi connectivity index (χ1v) is 8.54. The van der Waals surface area contributed by atoms with Crippen LogP contribution >= 0.6 is 22.9 Å². The van der Waals surface area contributed by atoms with Crippen LogP contribution in [0.25, 0.3) is 10.2 Å². The summed E-state index contributed by atoms with van der Waals surface area (Å²) in [6, 6.07) is 0. The summed E-state index contributed by atoms with van der Waals surface area (Å²) in [6.07, 6.45) is 1.35. The van der Waals surface area contributed by atoms with E-state index in [2.05, 4.69) is 9.97 Å². The van der Waals surface area contributed by atoms with E-state index in [0.29, 0.717) is 45.4 Å². The number of aromatic nitrogens is 2. The fourth-order valence-corrected chi connectivity index (χ4v) is 3.27. The SMILES string of the molecule is Cc1c(C(=O)OCC(C)C)sc2nc(CCCCl)[nH]c(=O)c12. The predicted molar refractivity (Wildman–Crippen MR) is 89.1 cm³/mol. The van der Waals surface area contributed by atoms with Crippen molar-refractivity contribution in [3.63, 3.8) is 0 Å². The van der Waals surface area contributed by atoms with Gasteiger partial charge in [-0.15, -0.1) is 22.9 Å². The summed E-state index contributed by atoms with van der Waals surface area (Å²) in [5, 5.41) is 0.469. The number of alkyl halides is 1. The van der Waals surface area contributed by atoms with Crippen molar-refractivity contribution in [3.8, 4) is 0 Å². The molecular weight excluding hydrogens is 324 g/mol. The monoisotopic (exact) mass is 342 g/mol. The number of rotatable bonds is 6. The van der Waals surface area contributed by atoms with Crippen LogP contribution in [-0.2, 0) is 11.2 Å². The summed E-state index contributed by atoms with van der Waals surface area (Å²) >= 11 is 6.87. The first-order chi connectivity index (χ1) is 10.4. The van der Waals surface area contributed by atoms with Crippen LogP contribution in [0.1, 0.15) is 41.3 Å². The van der Waals surface area contributed by atoms with Crippen molar-refractivity contribution in [3.05, 3.63) is 26.6 Å². The van der Waals surface area contributed by atoms with E-state index < -0.39 is 5.97 Å². The molecule has 0 saturated carbocycles. The van der Waals surface area contributed by atoms with Gasteiger partial charge in [0.25, 0.3) is 5.56 Å². The molecule has 0 fully saturated rings. The van der Waals surface area contributed by atoms with E-state index in [1.165, 1.54) is 11.3 Å². The lowest BCUT2D eigenvalue weighted by Gasteiger charge is -2.05. The molecule has 0 radical (unpaired) electrons. The average Bonchev–Trinajstić information content (AvgIpc) is 2.80. The summed E-state index contributed by atoms with van der Waals surface area (Å²) in [7, 11) is 0. The molecule has 0 aromatic carbocycles. The van der Waals surface area contributed by atoms with Crippen molar-refractivity contribution >= 4 is 39.1 Å². The number of nitrogens with one attached hydrogen (secondary N) is 1. The molecule has 0 aliphatic heterocycles. The summed E-state index contributed by atoms with van der Waals surface area (Å²) < 4.78 is 5.25. The molecule has 7 heteroatoms. The molecule has 0 atom stereocenters. The van der Waals surface area contributed by atoms with Gasteiger partial charge in [0, 0.05) is 12.3 Å². The van der Waals surface area contributed by atoms with Crippen LogP contribution in [0.2, 0.25) is 0 Å². The molecule has 2 aromatic rings. The summed E-state index contributed by atoms with van der Waals surface area (Å²) in [5.74, 6) is 0.984. The molecule has 0 bridgehead atoms. The number of aryl methyl sites for hydroxylation is 2. The van der Waals surface area contributed by atoms with Crippen molar-refractivity contribution in [2.75, 3.05) is 12.5 Å². The van der Waals surface area contributed by atoms with Crippen LogP contribution in [0.15, 0.2) is 4.79 Å². The summed E-state index contributed by atoms with van der Waals surface area (Å²) in [6.45, 7) is 6.05. The normalized spacial score (nSPS) is 11.3. The maximum absolute atomic E-state index is 12.2. The number of nitrogens with zero attached hydrogens (tertiary/aromatic N) is 1. The second-order valence-electron chi connectivity index (χ2n) is 5.53. The highest BCUT2D eigenvalue weighted by atomic mass is 35.5. The Morgan fingerprint density at radius 1 is 1.45 bits per heavy atom. The smallest absolute Gasteiger partial charge is 0.348 e. The first kappa shape index (κ1) is 17.0. The highest BCUT2D eigenvalue weighted by Crippen LogP contribution is 2.27. The number of carbonyl (C=O) groups excluding carboxylic acids is 1. The molecule has 2 rings (SSSR count). The maximum Gasteiger partial charge on any atom is 0.348 e. The van der Waals surface area contributed by atoms with E-state index >= 15 is 0 Å². The molecule has 2 aromatic heterocycles. The van der Waals surface area contributed by atoms with E-state index in [-0.39, 0.29) is 11.5 Å². The molecule has 1 N–H and O–H groups in total. The third kappa shape index (κ3) is 3.67. The lowest BCUT2D eigenvalue weighted by molar-refractivity contribution is 0.0464. The Morgan fingerprint density at radius 3 is 2.82 bits per heavy atom. The van der Waals surface area contributed by atoms with Crippen LogP contribution in [0.3, 0.4) is 0 Å². The molecule has 0 amide bonds. The topological polar surface area (TPSA) is 72.0 Å². The van der Waals surface area contributed by atoms with Gasteiger partial charge < -0.3 is 9.72 Å². The van der Waals surface area contributed by atoms with Crippen molar-refractivity contribution in [1.29, 1.82) is 0 Å². The molecule has 0 spiro atoms. The minimum atomic E-state index is -0.393. The van der Waals surface area contributed by atoms with Crippen molar-refractivity contribution in [2.24, 2.45) is 5.92 Å². The Hall–Kier alpha value is -1.40. The molecule has 120 valence electrons. The van der Waals surface area contributed by atoms with E-state index in [1.807, 2.05) is 13.8 Å². The lowest BCUT2D eigenvalue weighted by atomic mass is 10.2. The third-order valence-corrected chi connectivity index (χ3v) is 4.56. The number of hydrogen-bond donors (Lipinski definition) is 1. The van der Waals surface area contributed by atoms with Crippen molar-refractivity contribution in [2.45, 2.75) is 33.6 Å². The number of hydrogen-bond acceptors (Lipinski definition) is 5. The third-order valence-electron chi connectivity index (χ3n) is 3.13. The molecule has 0 aliphatic rings. The van der Waals surface area contributed by atoms with Crippen LogP contribution < -0.4 is 5.56 Å². The number of ether oxygens (including phenoxy) is 1. The number of thiophene rings is 1. The van der Waals surface area contributed by atoms with Gasteiger partial charge in [-0.2, -0.15) is 0 Å². The molecule has 0 saturated heterocycles. The molecule has 5 nitrogen and oxygen atoms in total. The second kappa shape index (κ2) is 7.24. The molecule has 0 aliphatic carbocycles. The van der Waals surface area contributed by atoms with Gasteiger partial charge in [-0.05, 0) is 24.8 Å². The highest BCUT2D eigenvalue weighted by Gasteiger charge is 2.20. The predicted octanol–water partition coefficient (Wildman–Crippen LogP) is 3.28. The number of carbonyl (C=O) groups is 1. The average molecular weight is 343 g/mol. The standard InChI is InChI=1S/C15H19ClN2O3S/c1-8(2)7-21-15(20)12-9(3)11-13(19)17-10(5-4-6-16)18-14(11)22-12/h8H,4-7H2,1-3H3,(H,17,18,19). The van der Waals surface area contributed by atoms with Gasteiger partial charge in [0.15, 0.2) is 0 Å². The van der Waals surface area contributed by atoms with Gasteiger partial charge in [-0.25, -0.2) is 9.78 Å². The summed E-state index contributed by atoms with van der Waals surface area (Å²) in [5.41, 5.74) is 0.414. The zero-order valence-corrected chi connectivity index (χ0v) is 14.4. The van der Waals surface area contributed by atoms with E-state index in [4.69, 9.17) is 16.3 Å². The van der Waals surface area contributed by atoms with Gasteiger partial charge in [-0.1, -0.05) is 13.8 Å². The maximum atomic E-state index is 12.2. The Morgan fingerprint density at radius 2 is 2.18 bits per heavy atom. The lowest BCUT2D eigenvalue weighted by Crippen LogP contribution is -2.12. The number of aromatic amines is 1. The van der Waals surface area contributed by atoms with Crippen LogP contribution in [0.5, 0.6) is 0 Å². The first-order valence-electron chi connectivity index (χ1n) is 7.19. The zero-order chi connectivity index (χ0) is 16.3. The summed E-state index contributed by atoms with van der Waals surface area (Å²) in [4.78, 5) is 32.6. The van der Waals surface area contributed by atoms with Gasteiger partial charge in [0.1, 0.15) is 15.5 Å². The quantitative estimate of drug-likeness (QED) is 0.646. The fourth-order valence-electron chi connectivity index (χ4n) is 2.04. The van der Waals surface area contributed by atoms with Crippen LogP contribution in [0.4, 0.5) is 0 Å². The van der Waals surface area contributed by atoms with Crippen molar-refractivity contribution in [1.82, 2.24) is 9.97 Å². The van der Waals surface area contributed by atoms with Crippen molar-refractivity contribution < 1.29 is 9.53 Å². The van der Waals surface area contributed by atoms with E-state index in [1.54, 1.807) is 6.92 Å². The Balaban J connectivity index is 2.37. The number of halogens is 1. The van der Waals surface area contributed by atoms with Crippen LogP contribution in [-0.4, -0.2) is 28.4 Å². The molecule has 2 heterocycles. The van der Waals surface area contributed by atoms with E-state index in [9.17, 15) is 9.59 Å². The van der Waals surface area contributed by atoms with Gasteiger partial charge in [0.2, 0.25) is 0 Å². The van der Waals surface area contributed by atoms with Gasteiger partial charge in [0.05, 0.1) is 12.0 Å². The number of H-pyrrole nitrogens is 1.